The Morgan fingerprint density at radius 3 is 1.83 bits per heavy atom. The Morgan fingerprint density at radius 2 is 1.19 bits per heavy atom. The van der Waals surface area contributed by atoms with Crippen LogP contribution in [0.4, 0.5) is 30.7 Å². The quantitative estimate of drug-likeness (QED) is 0.130. The molecule has 0 radical (unpaired) electrons. The van der Waals surface area contributed by atoms with Gasteiger partial charge in [-0.1, -0.05) is 72.8 Å². The van der Waals surface area contributed by atoms with Crippen molar-refractivity contribution in [2.45, 2.75) is 43.6 Å². The molecule has 5 aromatic carbocycles. The molecule has 0 aliphatic rings. The maximum absolute atomic E-state index is 14.3. The minimum atomic E-state index is -4.72. The van der Waals surface area contributed by atoms with Crippen LogP contribution in [0.25, 0.3) is 0 Å². The van der Waals surface area contributed by atoms with Gasteiger partial charge in [-0.2, -0.15) is 30.7 Å². The fraction of sp³-hybridized carbons (Fsp3) is 0.189. The molecule has 4 nitrogen and oxygen atoms in total. The van der Waals surface area contributed by atoms with Crippen LogP contribution in [0, 0.1) is 0 Å². The highest BCUT2D eigenvalue weighted by molar-refractivity contribution is 5.49. The third-order valence-electron chi connectivity index (χ3n) is 8.08. The van der Waals surface area contributed by atoms with Crippen LogP contribution in [0.1, 0.15) is 51.1 Å². The number of alkyl halides is 7. The summed E-state index contributed by atoms with van der Waals surface area (Å²) in [7, 11) is 0. The van der Waals surface area contributed by atoms with Crippen LogP contribution >= 0.6 is 0 Å². The van der Waals surface area contributed by atoms with Crippen LogP contribution in [0.2, 0.25) is 0 Å². The Balaban J connectivity index is 1.81. The molecule has 5 aromatic rings. The molecule has 3 atom stereocenters. The topological polar surface area (TPSA) is 58.9 Å². The summed E-state index contributed by atoms with van der Waals surface area (Å²) in [4.78, 5) is 0. The number of ether oxygens (including phenoxy) is 2. The Morgan fingerprint density at radius 1 is 0.583 bits per heavy atom. The van der Waals surface area contributed by atoms with Crippen LogP contribution in [0.5, 0.6) is 23.0 Å². The van der Waals surface area contributed by atoms with E-state index in [9.17, 15) is 40.9 Å². The van der Waals surface area contributed by atoms with Crippen molar-refractivity contribution in [2.75, 3.05) is 0 Å². The van der Waals surface area contributed by atoms with Crippen molar-refractivity contribution in [3.8, 4) is 23.0 Å². The number of phenolic OH excluding ortho intramolecular Hbond substituents is 2. The molecule has 3 unspecified atom stereocenters. The fourth-order valence-electron chi connectivity index (χ4n) is 6.13. The number of para-hydroxylation sites is 1. The predicted molar refractivity (Wildman–Crippen MR) is 165 cm³/mol. The van der Waals surface area contributed by atoms with E-state index in [1.54, 1.807) is 36.4 Å². The average Bonchev–Trinajstić information content (AvgIpc) is 3.03. The van der Waals surface area contributed by atoms with E-state index < -0.39 is 42.7 Å². The van der Waals surface area contributed by atoms with Crippen LogP contribution in [-0.2, 0) is 12.6 Å². The molecule has 0 saturated carbocycles. The molecule has 0 heterocycles. The Bertz CT molecular complexity index is 1790. The Labute approximate surface area is 271 Å². The number of hydrogen-bond donors (Lipinski definition) is 2. The second-order valence-electron chi connectivity index (χ2n) is 11.0. The van der Waals surface area contributed by atoms with Gasteiger partial charge in [0, 0.05) is 17.4 Å². The van der Waals surface area contributed by atoms with E-state index in [1.165, 1.54) is 78.9 Å². The van der Waals surface area contributed by atoms with Crippen molar-refractivity contribution < 1.29 is 50.4 Å². The summed E-state index contributed by atoms with van der Waals surface area (Å²) in [5.41, 5.74) is 0.723. The number of benzene rings is 5. The van der Waals surface area contributed by atoms with Gasteiger partial charge in [0.05, 0.1) is 5.56 Å². The zero-order chi connectivity index (χ0) is 34.4. The lowest BCUT2D eigenvalue weighted by atomic mass is 9.67. The third kappa shape index (κ3) is 8.20. The van der Waals surface area contributed by atoms with E-state index in [1.807, 2.05) is 0 Å². The SMILES string of the molecule is Oc1ccc(C(c2ccccc2O)C(c2cccc(OC(F)F)c2)C(Cc2ccccc2C(F)(F)F)c2ccc(OC(F)F)cc2)cc1. The lowest BCUT2D eigenvalue weighted by Crippen LogP contribution is -2.24. The maximum Gasteiger partial charge on any atom is 0.416 e. The molecule has 0 amide bonds. The van der Waals surface area contributed by atoms with Crippen molar-refractivity contribution in [1.29, 1.82) is 0 Å². The number of rotatable bonds is 12. The van der Waals surface area contributed by atoms with Gasteiger partial charge in [-0.25, -0.2) is 0 Å². The first-order valence-corrected chi connectivity index (χ1v) is 14.7. The summed E-state index contributed by atoms with van der Waals surface area (Å²) in [6.45, 7) is -6.28. The van der Waals surface area contributed by atoms with Gasteiger partial charge in [-0.3, -0.25) is 0 Å². The molecule has 48 heavy (non-hydrogen) atoms. The summed E-state index contributed by atoms with van der Waals surface area (Å²) in [5, 5.41) is 21.3. The monoisotopic (exact) mass is 670 g/mol. The van der Waals surface area contributed by atoms with Crippen LogP contribution in [0.15, 0.2) is 121 Å². The molecular formula is C37H29F7O4. The van der Waals surface area contributed by atoms with Gasteiger partial charge in [0.1, 0.15) is 23.0 Å². The zero-order valence-electron chi connectivity index (χ0n) is 25.0. The molecule has 0 fully saturated rings. The number of phenols is 2. The zero-order valence-corrected chi connectivity index (χ0v) is 25.0. The van der Waals surface area contributed by atoms with Crippen molar-refractivity contribution in [3.63, 3.8) is 0 Å². The molecule has 5 rings (SSSR count). The third-order valence-corrected chi connectivity index (χ3v) is 8.08. The summed E-state index contributed by atoms with van der Waals surface area (Å²) in [6.07, 6.45) is -4.97. The van der Waals surface area contributed by atoms with Crippen molar-refractivity contribution >= 4 is 0 Å². The van der Waals surface area contributed by atoms with E-state index in [2.05, 4.69) is 4.74 Å². The summed E-state index contributed by atoms with van der Waals surface area (Å²) >= 11 is 0. The predicted octanol–water partition coefficient (Wildman–Crippen LogP) is 10.3. The first kappa shape index (κ1) is 34.2. The highest BCUT2D eigenvalue weighted by Gasteiger charge is 2.39. The van der Waals surface area contributed by atoms with Gasteiger partial charge >= 0.3 is 19.4 Å². The van der Waals surface area contributed by atoms with E-state index in [-0.39, 0.29) is 35.0 Å². The van der Waals surface area contributed by atoms with Crippen molar-refractivity contribution in [3.05, 3.63) is 155 Å². The highest BCUT2D eigenvalue weighted by Crippen LogP contribution is 2.51. The summed E-state index contributed by atoms with van der Waals surface area (Å²) in [6, 6.07) is 28.6. The molecule has 0 bridgehead atoms. The van der Waals surface area contributed by atoms with Crippen molar-refractivity contribution in [1.82, 2.24) is 0 Å². The van der Waals surface area contributed by atoms with Gasteiger partial charge in [-0.05, 0) is 83.1 Å². The molecular weight excluding hydrogens is 641 g/mol. The molecule has 11 heteroatoms. The Kier molecular flexibility index (Phi) is 10.5. The van der Waals surface area contributed by atoms with Gasteiger partial charge in [-0.15, -0.1) is 0 Å². The van der Waals surface area contributed by atoms with E-state index in [4.69, 9.17) is 4.74 Å². The molecule has 0 aromatic heterocycles. The van der Waals surface area contributed by atoms with Crippen LogP contribution < -0.4 is 9.47 Å². The smallest absolute Gasteiger partial charge is 0.416 e. The fourth-order valence-corrected chi connectivity index (χ4v) is 6.13. The van der Waals surface area contributed by atoms with Gasteiger partial charge in [0.2, 0.25) is 0 Å². The maximum atomic E-state index is 14.3. The highest BCUT2D eigenvalue weighted by atomic mass is 19.4. The van der Waals surface area contributed by atoms with Gasteiger partial charge in [0.25, 0.3) is 0 Å². The largest absolute Gasteiger partial charge is 0.508 e. The first-order chi connectivity index (χ1) is 22.9. The van der Waals surface area contributed by atoms with Crippen molar-refractivity contribution in [2.24, 2.45) is 0 Å². The molecule has 0 aliphatic carbocycles. The minimum Gasteiger partial charge on any atom is -0.508 e. The minimum absolute atomic E-state index is 0.0658. The standard InChI is InChI=1S/C37H29F7O4/c38-35(39)47-27-18-14-22(15-19-27)30(21-24-6-1-3-10-31(24)37(42,43)44)34(25-7-5-8-28(20-25)48-36(40)41)33(23-12-16-26(45)17-13-23)29-9-2-4-11-32(29)46/h1-20,30,33-36,45-46H,21H2. The number of halogens is 7. The van der Waals surface area contributed by atoms with E-state index in [0.29, 0.717) is 22.3 Å². The van der Waals surface area contributed by atoms with Crippen LogP contribution in [0.3, 0.4) is 0 Å². The summed E-state index contributed by atoms with van der Waals surface area (Å²) < 4.78 is 105. The van der Waals surface area contributed by atoms with E-state index in [0.717, 1.165) is 6.07 Å². The molecule has 2 N–H and O–H groups in total. The average molecular weight is 671 g/mol. The van der Waals surface area contributed by atoms with Crippen LogP contribution in [-0.4, -0.2) is 23.4 Å². The first-order valence-electron chi connectivity index (χ1n) is 14.7. The second kappa shape index (κ2) is 14.7. The van der Waals surface area contributed by atoms with Gasteiger partial charge < -0.3 is 19.7 Å². The number of aromatic hydroxyl groups is 2. The molecule has 0 spiro atoms. The molecule has 0 saturated heterocycles. The normalized spacial score (nSPS) is 13.7. The molecule has 250 valence electrons. The lowest BCUT2D eigenvalue weighted by Gasteiger charge is -2.36. The number of hydrogen-bond acceptors (Lipinski definition) is 4. The summed E-state index contributed by atoms with van der Waals surface area (Å²) in [5.74, 6) is -3.26. The second-order valence-corrected chi connectivity index (χ2v) is 11.0. The Hall–Kier alpha value is -5.19. The van der Waals surface area contributed by atoms with Gasteiger partial charge in [0.15, 0.2) is 0 Å². The van der Waals surface area contributed by atoms with E-state index >= 15 is 0 Å². The lowest BCUT2D eigenvalue weighted by molar-refractivity contribution is -0.138. The molecule has 0 aliphatic heterocycles.